The van der Waals surface area contributed by atoms with Crippen molar-refractivity contribution in [2.24, 2.45) is 5.41 Å². The van der Waals surface area contributed by atoms with Crippen LogP contribution in [0.2, 0.25) is 0 Å². The van der Waals surface area contributed by atoms with Gasteiger partial charge in [0, 0.05) is 17.7 Å². The molecular formula is C27H36N2O4. The summed E-state index contributed by atoms with van der Waals surface area (Å²) in [5, 5.41) is 13.2. The highest BCUT2D eigenvalue weighted by atomic mass is 16.4. The molecule has 1 aromatic heterocycles. The Bertz CT molecular complexity index is 1070. The van der Waals surface area contributed by atoms with E-state index in [0.29, 0.717) is 16.8 Å². The molecule has 3 rings (SSSR count). The molecule has 0 aliphatic heterocycles. The van der Waals surface area contributed by atoms with E-state index >= 15 is 0 Å². The molecule has 0 radical (unpaired) electrons. The molecule has 1 atom stereocenters. The van der Waals surface area contributed by atoms with E-state index in [1.54, 1.807) is 6.92 Å². The van der Waals surface area contributed by atoms with Crippen molar-refractivity contribution in [1.29, 1.82) is 0 Å². The molecule has 6 nitrogen and oxygen atoms in total. The summed E-state index contributed by atoms with van der Waals surface area (Å²) in [4.78, 5) is 38.9. The Balaban J connectivity index is 2.17. The summed E-state index contributed by atoms with van der Waals surface area (Å²) in [5.74, 6) is -1.32. The third kappa shape index (κ3) is 5.92. The summed E-state index contributed by atoms with van der Waals surface area (Å²) in [6.07, 6.45) is 5.54. The molecule has 0 bridgehead atoms. The van der Waals surface area contributed by atoms with Gasteiger partial charge in [-0.2, -0.15) is 0 Å². The maximum atomic E-state index is 13.4. The lowest BCUT2D eigenvalue weighted by Gasteiger charge is -2.28. The number of rotatable bonds is 6. The molecule has 33 heavy (non-hydrogen) atoms. The molecular weight excluding hydrogens is 416 g/mol. The zero-order valence-electron chi connectivity index (χ0n) is 20.4. The van der Waals surface area contributed by atoms with Crippen LogP contribution in [0, 0.1) is 19.3 Å². The van der Waals surface area contributed by atoms with Crippen LogP contribution in [0.5, 0.6) is 0 Å². The Morgan fingerprint density at radius 2 is 1.70 bits per heavy atom. The van der Waals surface area contributed by atoms with Crippen molar-refractivity contribution in [3.8, 4) is 11.3 Å². The number of nitrogens with one attached hydrogen (secondary N) is 1. The molecule has 0 saturated heterocycles. The number of aromatic nitrogens is 1. The van der Waals surface area contributed by atoms with Crippen molar-refractivity contribution in [3.63, 3.8) is 0 Å². The first kappa shape index (κ1) is 24.7. The van der Waals surface area contributed by atoms with Gasteiger partial charge in [-0.1, -0.05) is 69.9 Å². The SMILES string of the molecule is Cc1ccc(-c2c(C)c(C(=O)NC3CCCCC3)cc(=O)n2C(CC(C)(C)C)C(=O)O)cc1. The minimum absolute atomic E-state index is 0.114. The number of aliphatic carboxylic acids is 1. The van der Waals surface area contributed by atoms with Gasteiger partial charge in [0.05, 0.1) is 5.69 Å². The molecule has 2 N–H and O–H groups in total. The van der Waals surface area contributed by atoms with E-state index < -0.39 is 17.6 Å². The summed E-state index contributed by atoms with van der Waals surface area (Å²) in [5.41, 5.74) is 2.43. The first-order valence-electron chi connectivity index (χ1n) is 11.8. The van der Waals surface area contributed by atoms with Gasteiger partial charge in [-0.25, -0.2) is 4.79 Å². The highest BCUT2D eigenvalue weighted by Gasteiger charge is 2.31. The molecule has 1 heterocycles. The van der Waals surface area contributed by atoms with Gasteiger partial charge in [0.1, 0.15) is 6.04 Å². The van der Waals surface area contributed by atoms with Crippen LogP contribution >= 0.6 is 0 Å². The normalized spacial score (nSPS) is 15.8. The Hall–Kier alpha value is -2.89. The monoisotopic (exact) mass is 452 g/mol. The Labute approximate surface area is 196 Å². The standard InChI is InChI=1S/C27H36N2O4/c1-17-11-13-19(14-12-17)24-18(2)21(25(31)28-20-9-7-6-8-10-20)15-23(30)29(24)22(26(32)33)16-27(3,4)5/h11-15,20,22H,6-10,16H2,1-5H3,(H,28,31)(H,32,33). The number of nitrogens with zero attached hydrogens (tertiary/aromatic N) is 1. The van der Waals surface area contributed by atoms with Crippen LogP contribution in [0.25, 0.3) is 11.3 Å². The third-order valence-electron chi connectivity index (χ3n) is 6.42. The van der Waals surface area contributed by atoms with Crippen LogP contribution < -0.4 is 10.9 Å². The van der Waals surface area contributed by atoms with E-state index in [1.807, 2.05) is 52.0 Å². The molecule has 0 spiro atoms. The number of aryl methyl sites for hydroxylation is 1. The zero-order chi connectivity index (χ0) is 24.3. The summed E-state index contributed by atoms with van der Waals surface area (Å²) >= 11 is 0. The van der Waals surface area contributed by atoms with E-state index in [9.17, 15) is 19.5 Å². The fraction of sp³-hybridized carbons (Fsp3) is 0.519. The first-order valence-corrected chi connectivity index (χ1v) is 11.8. The molecule has 2 aromatic rings. The quantitative estimate of drug-likeness (QED) is 0.626. The minimum atomic E-state index is -1.06. The predicted molar refractivity (Wildman–Crippen MR) is 131 cm³/mol. The average molecular weight is 453 g/mol. The number of amides is 1. The maximum Gasteiger partial charge on any atom is 0.326 e. The second kappa shape index (κ2) is 9.94. The number of hydrogen-bond donors (Lipinski definition) is 2. The van der Waals surface area contributed by atoms with Crippen LogP contribution in [0.1, 0.15) is 86.8 Å². The largest absolute Gasteiger partial charge is 0.480 e. The summed E-state index contributed by atoms with van der Waals surface area (Å²) in [6.45, 7) is 9.64. The van der Waals surface area contributed by atoms with Crippen LogP contribution in [0.4, 0.5) is 0 Å². The lowest BCUT2D eigenvalue weighted by molar-refractivity contribution is -0.141. The number of carbonyl (C=O) groups is 2. The second-order valence-electron chi connectivity index (χ2n) is 10.5. The van der Waals surface area contributed by atoms with E-state index in [-0.39, 0.29) is 23.8 Å². The molecule has 1 fully saturated rings. The molecule has 178 valence electrons. The fourth-order valence-electron chi connectivity index (χ4n) is 4.71. The summed E-state index contributed by atoms with van der Waals surface area (Å²) in [6, 6.07) is 8.00. The van der Waals surface area contributed by atoms with Gasteiger partial charge in [-0.15, -0.1) is 0 Å². The van der Waals surface area contributed by atoms with Crippen LogP contribution in [-0.2, 0) is 4.79 Å². The molecule has 1 aliphatic rings. The smallest absolute Gasteiger partial charge is 0.326 e. The summed E-state index contributed by atoms with van der Waals surface area (Å²) in [7, 11) is 0. The van der Waals surface area contributed by atoms with E-state index in [2.05, 4.69) is 5.32 Å². The van der Waals surface area contributed by atoms with Crippen molar-refractivity contribution >= 4 is 11.9 Å². The highest BCUT2D eigenvalue weighted by Crippen LogP contribution is 2.33. The van der Waals surface area contributed by atoms with E-state index in [1.165, 1.54) is 17.1 Å². The number of carbonyl (C=O) groups excluding carboxylic acids is 1. The Kier molecular flexibility index (Phi) is 7.45. The molecule has 1 unspecified atom stereocenters. The number of benzene rings is 1. The third-order valence-corrected chi connectivity index (χ3v) is 6.42. The van der Waals surface area contributed by atoms with Gasteiger partial charge < -0.3 is 10.4 Å². The maximum absolute atomic E-state index is 13.4. The van der Waals surface area contributed by atoms with Crippen LogP contribution in [0.15, 0.2) is 35.1 Å². The van der Waals surface area contributed by atoms with Crippen LogP contribution in [0.3, 0.4) is 0 Å². The van der Waals surface area contributed by atoms with Gasteiger partial charge in [-0.3, -0.25) is 14.2 Å². The molecule has 6 heteroatoms. The lowest BCUT2D eigenvalue weighted by Crippen LogP contribution is -2.39. The number of pyridine rings is 1. The summed E-state index contributed by atoms with van der Waals surface area (Å²) < 4.78 is 1.37. The Morgan fingerprint density at radius 1 is 1.09 bits per heavy atom. The van der Waals surface area contributed by atoms with Gasteiger partial charge in [0.2, 0.25) is 0 Å². The van der Waals surface area contributed by atoms with Crippen molar-refractivity contribution in [3.05, 3.63) is 57.4 Å². The van der Waals surface area contributed by atoms with Gasteiger partial charge >= 0.3 is 5.97 Å². The van der Waals surface area contributed by atoms with Gasteiger partial charge in [0.15, 0.2) is 0 Å². The Morgan fingerprint density at radius 3 is 2.24 bits per heavy atom. The van der Waals surface area contributed by atoms with Crippen molar-refractivity contribution in [1.82, 2.24) is 9.88 Å². The van der Waals surface area contributed by atoms with Gasteiger partial charge in [-0.05, 0) is 49.7 Å². The van der Waals surface area contributed by atoms with E-state index in [4.69, 9.17) is 0 Å². The predicted octanol–water partition coefficient (Wildman–Crippen LogP) is 5.26. The molecule has 1 amide bonds. The topological polar surface area (TPSA) is 88.4 Å². The molecule has 1 saturated carbocycles. The fourth-order valence-corrected chi connectivity index (χ4v) is 4.71. The van der Waals surface area contributed by atoms with Crippen molar-refractivity contribution < 1.29 is 14.7 Å². The number of carboxylic acids is 1. The lowest BCUT2D eigenvalue weighted by atomic mass is 9.87. The minimum Gasteiger partial charge on any atom is -0.480 e. The highest BCUT2D eigenvalue weighted by molar-refractivity contribution is 5.97. The number of hydrogen-bond acceptors (Lipinski definition) is 3. The zero-order valence-corrected chi connectivity index (χ0v) is 20.4. The molecule has 1 aromatic carbocycles. The van der Waals surface area contributed by atoms with Crippen molar-refractivity contribution in [2.45, 2.75) is 85.2 Å². The number of carboxylic acid groups (broad SMARTS) is 1. The van der Waals surface area contributed by atoms with E-state index in [0.717, 1.165) is 36.8 Å². The van der Waals surface area contributed by atoms with Crippen molar-refractivity contribution in [2.75, 3.05) is 0 Å². The molecule has 1 aliphatic carbocycles. The van der Waals surface area contributed by atoms with Gasteiger partial charge in [0.25, 0.3) is 11.5 Å². The average Bonchev–Trinajstić information content (AvgIpc) is 2.74. The first-order chi connectivity index (χ1) is 15.5. The van der Waals surface area contributed by atoms with Crippen LogP contribution in [-0.4, -0.2) is 27.6 Å². The second-order valence-corrected chi connectivity index (χ2v) is 10.5.